The fourth-order valence-electron chi connectivity index (χ4n) is 3.94. The number of hydrogen-bond acceptors (Lipinski definition) is 3. The highest BCUT2D eigenvalue weighted by Crippen LogP contribution is 2.45. The van der Waals surface area contributed by atoms with Gasteiger partial charge in [0.25, 0.3) is 0 Å². The van der Waals surface area contributed by atoms with Crippen molar-refractivity contribution in [1.29, 1.82) is 0 Å². The van der Waals surface area contributed by atoms with Crippen molar-refractivity contribution in [2.24, 2.45) is 0 Å². The molecule has 10 heteroatoms. The molecular weight excluding hydrogens is 492 g/mol. The van der Waals surface area contributed by atoms with Gasteiger partial charge >= 0.3 is 12.4 Å². The van der Waals surface area contributed by atoms with Crippen LogP contribution in [0.5, 0.6) is 0 Å². The number of halogens is 6. The molecule has 4 rings (SSSR count). The van der Waals surface area contributed by atoms with Crippen LogP contribution in [0.1, 0.15) is 18.1 Å². The van der Waals surface area contributed by atoms with Gasteiger partial charge in [0.15, 0.2) is 9.84 Å². The van der Waals surface area contributed by atoms with Crippen LogP contribution in [0, 0.1) is 0 Å². The summed E-state index contributed by atoms with van der Waals surface area (Å²) in [6.07, 6.45) is -9.72. The second-order valence-electron chi connectivity index (χ2n) is 7.70. The lowest BCUT2D eigenvalue weighted by atomic mass is 9.93. The summed E-state index contributed by atoms with van der Waals surface area (Å²) in [5.41, 5.74) is -4.08. The van der Waals surface area contributed by atoms with E-state index >= 15 is 0 Å². The number of nitrogens with zero attached hydrogens (tertiary/aromatic N) is 1. The van der Waals surface area contributed by atoms with Crippen LogP contribution in [0.25, 0.3) is 33.3 Å². The first-order chi connectivity index (χ1) is 16.3. The van der Waals surface area contributed by atoms with Crippen LogP contribution >= 0.6 is 0 Å². The van der Waals surface area contributed by atoms with E-state index in [-0.39, 0.29) is 27.3 Å². The number of para-hydroxylation sites is 1. The van der Waals surface area contributed by atoms with E-state index < -0.39 is 50.0 Å². The van der Waals surface area contributed by atoms with Gasteiger partial charge in [0, 0.05) is 16.5 Å². The maximum Gasteiger partial charge on any atom is 0.418 e. The predicted octanol–water partition coefficient (Wildman–Crippen LogP) is 7.40. The van der Waals surface area contributed by atoms with E-state index in [2.05, 4.69) is 4.98 Å². The largest absolute Gasteiger partial charge is 0.418 e. The van der Waals surface area contributed by atoms with Gasteiger partial charge in [-0.3, -0.25) is 0 Å². The van der Waals surface area contributed by atoms with Crippen molar-refractivity contribution in [3.05, 3.63) is 83.9 Å². The highest BCUT2D eigenvalue weighted by atomic mass is 32.2. The van der Waals surface area contributed by atoms with Crippen LogP contribution in [-0.2, 0) is 22.2 Å². The summed E-state index contributed by atoms with van der Waals surface area (Å²) >= 11 is 0. The minimum Gasteiger partial charge on any atom is -0.247 e. The zero-order chi connectivity index (χ0) is 25.6. The lowest BCUT2D eigenvalue weighted by Gasteiger charge is -2.19. The molecule has 0 saturated heterocycles. The third kappa shape index (κ3) is 4.62. The molecule has 3 nitrogen and oxygen atoms in total. The van der Waals surface area contributed by atoms with Gasteiger partial charge in [-0.05, 0) is 23.8 Å². The Morgan fingerprint density at radius 1 is 0.714 bits per heavy atom. The van der Waals surface area contributed by atoms with Crippen molar-refractivity contribution in [2.75, 3.05) is 5.75 Å². The van der Waals surface area contributed by atoms with Crippen LogP contribution < -0.4 is 0 Å². The van der Waals surface area contributed by atoms with Crippen molar-refractivity contribution < 1.29 is 34.8 Å². The van der Waals surface area contributed by atoms with Crippen molar-refractivity contribution in [3.63, 3.8) is 0 Å². The Kier molecular flexibility index (Phi) is 6.12. The molecule has 0 amide bonds. The summed E-state index contributed by atoms with van der Waals surface area (Å²) in [5.74, 6) is -0.322. The number of hydrogen-bond donors (Lipinski definition) is 0. The summed E-state index contributed by atoms with van der Waals surface area (Å²) in [6, 6.07) is 14.7. The second kappa shape index (κ2) is 8.67. The van der Waals surface area contributed by atoms with E-state index in [9.17, 15) is 34.8 Å². The zero-order valence-corrected chi connectivity index (χ0v) is 18.9. The van der Waals surface area contributed by atoms with E-state index in [1.165, 1.54) is 61.5 Å². The highest BCUT2D eigenvalue weighted by Gasteiger charge is 2.38. The summed E-state index contributed by atoms with van der Waals surface area (Å²) in [5, 5.41) is 0.118. The Bertz CT molecular complexity index is 1530. The lowest BCUT2D eigenvalue weighted by molar-refractivity contribution is -0.137. The van der Waals surface area contributed by atoms with Gasteiger partial charge in [-0.2, -0.15) is 26.3 Å². The minimum atomic E-state index is -4.96. The molecule has 0 aliphatic rings. The van der Waals surface area contributed by atoms with Crippen LogP contribution in [0.3, 0.4) is 0 Å². The molecule has 4 aromatic rings. The van der Waals surface area contributed by atoms with E-state index in [0.29, 0.717) is 0 Å². The topological polar surface area (TPSA) is 47.0 Å². The smallest absolute Gasteiger partial charge is 0.247 e. The molecule has 1 heterocycles. The van der Waals surface area contributed by atoms with Gasteiger partial charge in [0.05, 0.1) is 33.0 Å². The van der Waals surface area contributed by atoms with Crippen molar-refractivity contribution in [2.45, 2.75) is 24.2 Å². The standard InChI is InChI=1S/C25H17F6NO2S/c1-2-35(33,34)21-12-4-3-8-16(21)17-9-6-10-18(22(17)25(29,30)31)20-14-13-15-7-5-11-19(23(15)32-20)24(26,27)28/h3-14H,2H2,1H3. The first-order valence-corrected chi connectivity index (χ1v) is 12.0. The molecule has 0 aliphatic heterocycles. The first kappa shape index (κ1) is 24.7. The summed E-state index contributed by atoms with van der Waals surface area (Å²) < 4.78 is 109. The monoisotopic (exact) mass is 509 g/mol. The van der Waals surface area contributed by atoms with Gasteiger partial charge in [-0.15, -0.1) is 0 Å². The molecule has 0 radical (unpaired) electrons. The molecule has 1 aromatic heterocycles. The molecule has 0 saturated carbocycles. The molecule has 35 heavy (non-hydrogen) atoms. The van der Waals surface area contributed by atoms with Gasteiger partial charge < -0.3 is 0 Å². The molecule has 0 bridgehead atoms. The Hall–Kier alpha value is -3.40. The maximum absolute atomic E-state index is 14.4. The van der Waals surface area contributed by atoms with E-state index in [1.807, 2.05) is 0 Å². The third-order valence-electron chi connectivity index (χ3n) is 5.54. The molecule has 3 aromatic carbocycles. The summed E-state index contributed by atoms with van der Waals surface area (Å²) in [4.78, 5) is 3.70. The number of fused-ring (bicyclic) bond motifs is 1. The third-order valence-corrected chi connectivity index (χ3v) is 7.33. The first-order valence-electron chi connectivity index (χ1n) is 10.3. The summed E-state index contributed by atoms with van der Waals surface area (Å²) in [7, 11) is -3.88. The molecule has 0 spiro atoms. The number of aromatic nitrogens is 1. The maximum atomic E-state index is 14.4. The van der Waals surface area contributed by atoms with Crippen molar-refractivity contribution >= 4 is 20.7 Å². The predicted molar refractivity (Wildman–Crippen MR) is 120 cm³/mol. The van der Waals surface area contributed by atoms with E-state index in [1.54, 1.807) is 0 Å². The number of benzene rings is 3. The fraction of sp³-hybridized carbons (Fsp3) is 0.160. The quantitative estimate of drug-likeness (QED) is 0.269. The number of sulfone groups is 1. The van der Waals surface area contributed by atoms with Crippen LogP contribution in [0.4, 0.5) is 26.3 Å². The van der Waals surface area contributed by atoms with Crippen molar-refractivity contribution in [3.8, 4) is 22.4 Å². The molecule has 182 valence electrons. The number of alkyl halides is 6. The van der Waals surface area contributed by atoms with Crippen LogP contribution in [0.2, 0.25) is 0 Å². The lowest BCUT2D eigenvalue weighted by Crippen LogP contribution is -2.12. The molecular formula is C25H17F6NO2S. The van der Waals surface area contributed by atoms with E-state index in [4.69, 9.17) is 0 Å². The average Bonchev–Trinajstić information content (AvgIpc) is 2.81. The van der Waals surface area contributed by atoms with Gasteiger partial charge in [-0.25, -0.2) is 13.4 Å². The van der Waals surface area contributed by atoms with Crippen molar-refractivity contribution in [1.82, 2.24) is 4.98 Å². The van der Waals surface area contributed by atoms with Crippen LogP contribution in [0.15, 0.2) is 77.7 Å². The molecule has 0 atom stereocenters. The molecule has 0 aliphatic carbocycles. The van der Waals surface area contributed by atoms with Crippen LogP contribution in [-0.4, -0.2) is 19.2 Å². The Balaban J connectivity index is 2.05. The summed E-state index contributed by atoms with van der Waals surface area (Å²) in [6.45, 7) is 1.38. The number of rotatable bonds is 4. The number of pyridine rings is 1. The van der Waals surface area contributed by atoms with Gasteiger partial charge in [0.2, 0.25) is 0 Å². The SMILES string of the molecule is CCS(=O)(=O)c1ccccc1-c1cccc(-c2ccc3cccc(C(F)(F)F)c3n2)c1C(F)(F)F. The molecule has 0 N–H and O–H groups in total. The Morgan fingerprint density at radius 2 is 1.34 bits per heavy atom. The Morgan fingerprint density at radius 3 is 2.00 bits per heavy atom. The molecule has 0 fully saturated rings. The van der Waals surface area contributed by atoms with Gasteiger partial charge in [0.1, 0.15) is 0 Å². The Labute approximate surface area is 197 Å². The average molecular weight is 509 g/mol. The van der Waals surface area contributed by atoms with E-state index in [0.717, 1.165) is 18.2 Å². The zero-order valence-electron chi connectivity index (χ0n) is 18.1. The molecule has 0 unspecified atom stereocenters. The second-order valence-corrected chi connectivity index (χ2v) is 9.94. The minimum absolute atomic E-state index is 0.118. The van der Waals surface area contributed by atoms with Gasteiger partial charge in [-0.1, -0.05) is 61.5 Å². The highest BCUT2D eigenvalue weighted by molar-refractivity contribution is 7.91. The normalized spacial score (nSPS) is 12.8. The fourth-order valence-corrected chi connectivity index (χ4v) is 5.05.